The van der Waals surface area contributed by atoms with E-state index in [0.29, 0.717) is 10.0 Å². The van der Waals surface area contributed by atoms with Crippen LogP contribution >= 0.6 is 15.9 Å². The molecule has 0 aliphatic rings. The Morgan fingerprint density at radius 2 is 2.00 bits per heavy atom. The van der Waals surface area contributed by atoms with Crippen LogP contribution in [0.25, 0.3) is 0 Å². The fourth-order valence-electron chi connectivity index (χ4n) is 1.27. The van der Waals surface area contributed by atoms with Crippen molar-refractivity contribution in [1.29, 1.82) is 0 Å². The summed E-state index contributed by atoms with van der Waals surface area (Å²) in [6.45, 7) is 3.56. The molecule has 0 bridgehead atoms. The van der Waals surface area contributed by atoms with Crippen LogP contribution in [0.2, 0.25) is 0 Å². The second kappa shape index (κ2) is 5.80. The number of ketones is 1. The molecular formula is C12H13BrO3. The lowest BCUT2D eigenvalue weighted by Gasteiger charge is -2.10. The molecule has 0 spiro atoms. The van der Waals surface area contributed by atoms with Gasteiger partial charge in [0.1, 0.15) is 5.92 Å². The topological polar surface area (TPSA) is 43.4 Å². The molecule has 1 aromatic carbocycles. The van der Waals surface area contributed by atoms with Gasteiger partial charge in [-0.1, -0.05) is 34.1 Å². The molecule has 0 fully saturated rings. The Labute approximate surface area is 103 Å². The smallest absolute Gasteiger partial charge is 0.316 e. The molecule has 1 aromatic rings. The number of ether oxygens (including phenoxy) is 1. The second-order valence-corrected chi connectivity index (χ2v) is 4.17. The molecule has 1 atom stereocenters. The Morgan fingerprint density at radius 1 is 1.38 bits per heavy atom. The summed E-state index contributed by atoms with van der Waals surface area (Å²) in [6.07, 6.45) is 0. The number of halogens is 1. The number of carbonyl (C=O) groups is 2. The Balaban J connectivity index is 2.86. The number of rotatable bonds is 4. The maximum atomic E-state index is 12.0. The first-order chi connectivity index (χ1) is 7.57. The number of hydrogen-bond donors (Lipinski definition) is 0. The molecule has 16 heavy (non-hydrogen) atoms. The highest BCUT2D eigenvalue weighted by atomic mass is 79.9. The van der Waals surface area contributed by atoms with Gasteiger partial charge in [-0.3, -0.25) is 9.59 Å². The van der Waals surface area contributed by atoms with E-state index in [1.807, 2.05) is 6.07 Å². The first kappa shape index (κ1) is 12.9. The van der Waals surface area contributed by atoms with Crippen molar-refractivity contribution in [3.8, 4) is 0 Å². The molecule has 0 saturated carbocycles. The van der Waals surface area contributed by atoms with Crippen LogP contribution in [0.1, 0.15) is 24.2 Å². The first-order valence-electron chi connectivity index (χ1n) is 5.03. The van der Waals surface area contributed by atoms with E-state index in [-0.39, 0.29) is 12.4 Å². The van der Waals surface area contributed by atoms with Crippen molar-refractivity contribution < 1.29 is 14.3 Å². The van der Waals surface area contributed by atoms with Crippen LogP contribution in [-0.2, 0) is 9.53 Å². The molecule has 86 valence electrons. The first-order valence-corrected chi connectivity index (χ1v) is 5.82. The van der Waals surface area contributed by atoms with Gasteiger partial charge in [0.2, 0.25) is 0 Å². The second-order valence-electron chi connectivity index (χ2n) is 3.32. The minimum Gasteiger partial charge on any atom is -0.465 e. The van der Waals surface area contributed by atoms with Crippen molar-refractivity contribution in [1.82, 2.24) is 0 Å². The lowest BCUT2D eigenvalue weighted by molar-refractivity contribution is -0.145. The van der Waals surface area contributed by atoms with Gasteiger partial charge in [-0.25, -0.2) is 0 Å². The van der Waals surface area contributed by atoms with Crippen LogP contribution in [0.3, 0.4) is 0 Å². The van der Waals surface area contributed by atoms with Gasteiger partial charge in [-0.2, -0.15) is 0 Å². The van der Waals surface area contributed by atoms with Gasteiger partial charge in [0.15, 0.2) is 5.78 Å². The fraction of sp³-hybridized carbons (Fsp3) is 0.333. The van der Waals surface area contributed by atoms with E-state index in [9.17, 15) is 9.59 Å². The number of hydrogen-bond acceptors (Lipinski definition) is 3. The normalized spacial score (nSPS) is 11.9. The molecule has 0 aliphatic heterocycles. The summed E-state index contributed by atoms with van der Waals surface area (Å²) in [5.74, 6) is -1.48. The lowest BCUT2D eigenvalue weighted by atomic mass is 10.00. The third kappa shape index (κ3) is 2.92. The number of carbonyl (C=O) groups excluding carboxylic acids is 2. The average molecular weight is 285 g/mol. The van der Waals surface area contributed by atoms with E-state index in [4.69, 9.17) is 4.74 Å². The fourth-order valence-corrected chi connectivity index (χ4v) is 1.75. The van der Waals surface area contributed by atoms with Crippen LogP contribution in [0, 0.1) is 5.92 Å². The zero-order valence-electron chi connectivity index (χ0n) is 9.20. The van der Waals surface area contributed by atoms with E-state index < -0.39 is 11.9 Å². The highest BCUT2D eigenvalue weighted by Gasteiger charge is 2.25. The third-order valence-electron chi connectivity index (χ3n) is 2.17. The van der Waals surface area contributed by atoms with Crippen LogP contribution in [0.4, 0.5) is 0 Å². The molecule has 0 aliphatic carbocycles. The number of esters is 1. The van der Waals surface area contributed by atoms with E-state index in [0.717, 1.165) is 0 Å². The molecule has 3 nitrogen and oxygen atoms in total. The van der Waals surface area contributed by atoms with Gasteiger partial charge in [0, 0.05) is 10.0 Å². The number of Topliss-reactive ketones (excluding diaryl/α,β-unsaturated/α-hetero) is 1. The lowest BCUT2D eigenvalue weighted by Crippen LogP contribution is -2.23. The zero-order chi connectivity index (χ0) is 12.1. The SMILES string of the molecule is CCOC(=O)C(C)C(=O)c1ccccc1Br. The summed E-state index contributed by atoms with van der Waals surface area (Å²) < 4.78 is 5.50. The quantitative estimate of drug-likeness (QED) is 0.485. The van der Waals surface area contributed by atoms with Crippen molar-refractivity contribution in [3.63, 3.8) is 0 Å². The van der Waals surface area contributed by atoms with E-state index in [2.05, 4.69) is 15.9 Å². The molecule has 0 heterocycles. The molecule has 0 radical (unpaired) electrons. The van der Waals surface area contributed by atoms with Gasteiger partial charge >= 0.3 is 5.97 Å². The van der Waals surface area contributed by atoms with Gasteiger partial charge < -0.3 is 4.74 Å². The minimum absolute atomic E-state index is 0.231. The van der Waals surface area contributed by atoms with Crippen LogP contribution in [0.5, 0.6) is 0 Å². The van der Waals surface area contributed by atoms with Crippen LogP contribution in [0.15, 0.2) is 28.7 Å². The van der Waals surface area contributed by atoms with Crippen LogP contribution in [-0.4, -0.2) is 18.4 Å². The maximum Gasteiger partial charge on any atom is 0.316 e. The highest BCUT2D eigenvalue weighted by Crippen LogP contribution is 2.20. The van der Waals surface area contributed by atoms with Gasteiger partial charge in [-0.05, 0) is 19.9 Å². The van der Waals surface area contributed by atoms with Crippen molar-refractivity contribution in [3.05, 3.63) is 34.3 Å². The summed E-state index contributed by atoms with van der Waals surface area (Å²) in [7, 11) is 0. The Bertz CT molecular complexity index is 401. The standard InChI is InChI=1S/C12H13BrO3/c1-3-16-12(15)8(2)11(14)9-6-4-5-7-10(9)13/h4-8H,3H2,1-2H3. The van der Waals surface area contributed by atoms with Crippen molar-refractivity contribution >= 4 is 27.7 Å². The van der Waals surface area contributed by atoms with Crippen molar-refractivity contribution in [2.45, 2.75) is 13.8 Å². The van der Waals surface area contributed by atoms with E-state index >= 15 is 0 Å². The third-order valence-corrected chi connectivity index (χ3v) is 2.86. The van der Waals surface area contributed by atoms with Crippen molar-refractivity contribution in [2.75, 3.05) is 6.61 Å². The highest BCUT2D eigenvalue weighted by molar-refractivity contribution is 9.10. The molecule has 0 amide bonds. The largest absolute Gasteiger partial charge is 0.465 e. The Kier molecular flexibility index (Phi) is 4.68. The summed E-state index contributed by atoms with van der Waals surface area (Å²) >= 11 is 3.28. The van der Waals surface area contributed by atoms with E-state index in [1.54, 1.807) is 32.0 Å². The van der Waals surface area contributed by atoms with Gasteiger partial charge in [-0.15, -0.1) is 0 Å². The summed E-state index contributed by atoms with van der Waals surface area (Å²) in [5.41, 5.74) is 0.503. The van der Waals surface area contributed by atoms with E-state index in [1.165, 1.54) is 0 Å². The van der Waals surface area contributed by atoms with Crippen LogP contribution < -0.4 is 0 Å². The Hall–Kier alpha value is -1.16. The molecule has 1 rings (SSSR count). The Morgan fingerprint density at radius 3 is 2.56 bits per heavy atom. The summed E-state index contributed by atoms with van der Waals surface area (Å²) in [5, 5.41) is 0. The molecular weight excluding hydrogens is 272 g/mol. The minimum atomic E-state index is -0.765. The molecule has 0 aromatic heterocycles. The molecule has 4 heteroatoms. The predicted molar refractivity (Wildman–Crippen MR) is 64.3 cm³/mol. The van der Waals surface area contributed by atoms with Crippen molar-refractivity contribution in [2.24, 2.45) is 5.92 Å². The zero-order valence-corrected chi connectivity index (χ0v) is 10.8. The molecule has 0 N–H and O–H groups in total. The predicted octanol–water partition coefficient (Wildman–Crippen LogP) is 2.83. The molecule has 1 unspecified atom stereocenters. The number of benzene rings is 1. The maximum absolute atomic E-state index is 12.0. The average Bonchev–Trinajstić information content (AvgIpc) is 2.28. The monoisotopic (exact) mass is 284 g/mol. The van der Waals surface area contributed by atoms with Gasteiger partial charge in [0.05, 0.1) is 6.61 Å². The van der Waals surface area contributed by atoms with Gasteiger partial charge in [0.25, 0.3) is 0 Å². The summed E-state index contributed by atoms with van der Waals surface area (Å²) in [4.78, 5) is 23.4. The molecule has 0 saturated heterocycles. The summed E-state index contributed by atoms with van der Waals surface area (Å²) in [6, 6.07) is 7.03.